The van der Waals surface area contributed by atoms with Gasteiger partial charge in [0.1, 0.15) is 0 Å². The number of aromatic nitrogens is 1. The molecule has 0 bridgehead atoms. The lowest BCUT2D eigenvalue weighted by Crippen LogP contribution is -2.23. The first-order valence-electron chi connectivity index (χ1n) is 4.60. The van der Waals surface area contributed by atoms with E-state index in [4.69, 9.17) is 0 Å². The third-order valence-electron chi connectivity index (χ3n) is 2.34. The van der Waals surface area contributed by atoms with Gasteiger partial charge in [0, 0.05) is 25.0 Å². The second-order valence-corrected chi connectivity index (χ2v) is 3.38. The molecule has 0 aliphatic carbocycles. The first-order valence-corrected chi connectivity index (χ1v) is 4.60. The topological polar surface area (TPSA) is 50.3 Å². The summed E-state index contributed by atoms with van der Waals surface area (Å²) in [5.74, 6) is -0.364. The molecule has 4 heteroatoms. The van der Waals surface area contributed by atoms with Crippen LogP contribution >= 0.6 is 0 Å². The summed E-state index contributed by atoms with van der Waals surface area (Å²) >= 11 is 0. The summed E-state index contributed by atoms with van der Waals surface area (Å²) in [7, 11) is 1.50. The van der Waals surface area contributed by atoms with E-state index >= 15 is 0 Å². The van der Waals surface area contributed by atoms with Gasteiger partial charge in [-0.15, -0.1) is 0 Å². The number of imide groups is 1. The van der Waals surface area contributed by atoms with Gasteiger partial charge in [-0.2, -0.15) is 0 Å². The van der Waals surface area contributed by atoms with Crippen LogP contribution in [0.1, 0.15) is 12.0 Å². The molecule has 1 aliphatic heterocycles. The molecule has 1 aliphatic rings. The number of amides is 2. The van der Waals surface area contributed by atoms with E-state index in [0.717, 1.165) is 10.5 Å². The van der Waals surface area contributed by atoms with E-state index in [9.17, 15) is 9.59 Å². The minimum absolute atomic E-state index is 0.152. The summed E-state index contributed by atoms with van der Waals surface area (Å²) in [5.41, 5.74) is 1.42. The van der Waals surface area contributed by atoms with Crippen molar-refractivity contribution in [2.24, 2.45) is 0 Å². The Hall–Kier alpha value is -1.97. The van der Waals surface area contributed by atoms with Crippen LogP contribution in [0, 0.1) is 0 Å². The van der Waals surface area contributed by atoms with E-state index in [1.165, 1.54) is 7.05 Å². The zero-order chi connectivity index (χ0) is 10.8. The smallest absolute Gasteiger partial charge is 0.256 e. The van der Waals surface area contributed by atoms with Crippen LogP contribution in [0.15, 0.2) is 30.1 Å². The molecule has 0 radical (unpaired) electrons. The van der Waals surface area contributed by atoms with Crippen molar-refractivity contribution in [2.75, 3.05) is 7.05 Å². The minimum Gasteiger partial charge on any atom is -0.282 e. The Balaban J connectivity index is 2.30. The van der Waals surface area contributed by atoms with Gasteiger partial charge in [-0.05, 0) is 23.8 Å². The molecule has 1 aromatic rings. The molecular weight excluding hydrogens is 192 g/mol. The molecule has 1 aromatic heterocycles. The van der Waals surface area contributed by atoms with Gasteiger partial charge in [0.05, 0.1) is 6.42 Å². The average molecular weight is 202 g/mol. The maximum absolute atomic E-state index is 11.5. The molecule has 0 aromatic carbocycles. The summed E-state index contributed by atoms with van der Waals surface area (Å²) in [6.07, 6.45) is 5.22. The average Bonchev–Trinajstić information content (AvgIpc) is 2.48. The van der Waals surface area contributed by atoms with Gasteiger partial charge in [-0.25, -0.2) is 0 Å². The minimum atomic E-state index is -0.211. The van der Waals surface area contributed by atoms with Crippen molar-refractivity contribution in [3.63, 3.8) is 0 Å². The van der Waals surface area contributed by atoms with Gasteiger partial charge in [0.25, 0.3) is 5.91 Å². The Labute approximate surface area is 87.2 Å². The number of carbonyl (C=O) groups is 2. The van der Waals surface area contributed by atoms with Crippen LogP contribution in [0.5, 0.6) is 0 Å². The van der Waals surface area contributed by atoms with Gasteiger partial charge in [-0.3, -0.25) is 19.5 Å². The Morgan fingerprint density at radius 2 is 2.00 bits per heavy atom. The zero-order valence-electron chi connectivity index (χ0n) is 8.30. The summed E-state index contributed by atoms with van der Waals surface area (Å²) in [4.78, 5) is 27.8. The lowest BCUT2D eigenvalue weighted by Gasteiger charge is -2.02. The second-order valence-electron chi connectivity index (χ2n) is 3.38. The van der Waals surface area contributed by atoms with Crippen LogP contribution in [0.4, 0.5) is 0 Å². The number of likely N-dealkylation sites (tertiary alicyclic amines) is 1. The largest absolute Gasteiger partial charge is 0.282 e. The lowest BCUT2D eigenvalue weighted by atomic mass is 10.1. The Bertz CT molecular complexity index is 437. The summed E-state index contributed by atoms with van der Waals surface area (Å²) in [6, 6.07) is 3.59. The van der Waals surface area contributed by atoms with Gasteiger partial charge >= 0.3 is 0 Å². The van der Waals surface area contributed by atoms with E-state index in [1.807, 2.05) is 0 Å². The molecule has 0 saturated carbocycles. The van der Waals surface area contributed by atoms with Crippen molar-refractivity contribution >= 4 is 17.9 Å². The number of nitrogens with zero attached hydrogens (tertiary/aromatic N) is 2. The number of pyridine rings is 1. The molecule has 0 atom stereocenters. The highest BCUT2D eigenvalue weighted by Gasteiger charge is 2.30. The first-order chi connectivity index (χ1) is 7.18. The van der Waals surface area contributed by atoms with E-state index in [0.29, 0.717) is 5.57 Å². The third kappa shape index (κ3) is 1.79. The molecule has 2 amide bonds. The molecule has 2 rings (SSSR count). The highest BCUT2D eigenvalue weighted by Crippen LogP contribution is 2.19. The Kier molecular flexibility index (Phi) is 2.33. The Morgan fingerprint density at radius 1 is 1.33 bits per heavy atom. The van der Waals surface area contributed by atoms with Gasteiger partial charge in [0.2, 0.25) is 5.91 Å². The summed E-state index contributed by atoms with van der Waals surface area (Å²) in [5, 5.41) is 0. The molecule has 76 valence electrons. The predicted molar refractivity (Wildman–Crippen MR) is 54.6 cm³/mol. The normalized spacial score (nSPS) is 19.0. The van der Waals surface area contributed by atoms with Gasteiger partial charge < -0.3 is 0 Å². The molecule has 15 heavy (non-hydrogen) atoms. The molecule has 0 spiro atoms. The highest BCUT2D eigenvalue weighted by atomic mass is 16.2. The Morgan fingerprint density at radius 3 is 2.53 bits per heavy atom. The van der Waals surface area contributed by atoms with E-state index in [-0.39, 0.29) is 18.2 Å². The maximum atomic E-state index is 11.5. The van der Waals surface area contributed by atoms with E-state index in [2.05, 4.69) is 4.98 Å². The number of rotatable bonds is 1. The van der Waals surface area contributed by atoms with Crippen molar-refractivity contribution in [2.45, 2.75) is 6.42 Å². The SMILES string of the molecule is CN1C(=O)C/C(=C\c2ccncc2)C1=O. The molecular formula is C11H10N2O2. The summed E-state index contributed by atoms with van der Waals surface area (Å²) < 4.78 is 0. The number of hydrogen-bond acceptors (Lipinski definition) is 3. The lowest BCUT2D eigenvalue weighted by molar-refractivity contribution is -0.135. The van der Waals surface area contributed by atoms with Gasteiger partial charge in [-0.1, -0.05) is 0 Å². The maximum Gasteiger partial charge on any atom is 0.256 e. The molecule has 4 nitrogen and oxygen atoms in total. The van der Waals surface area contributed by atoms with E-state index in [1.54, 1.807) is 30.6 Å². The third-order valence-corrected chi connectivity index (χ3v) is 2.34. The zero-order valence-corrected chi connectivity index (χ0v) is 8.30. The van der Waals surface area contributed by atoms with Crippen molar-refractivity contribution in [3.05, 3.63) is 35.7 Å². The van der Waals surface area contributed by atoms with Crippen molar-refractivity contribution in [1.29, 1.82) is 0 Å². The molecule has 0 unspecified atom stereocenters. The monoisotopic (exact) mass is 202 g/mol. The fourth-order valence-corrected chi connectivity index (χ4v) is 1.46. The van der Waals surface area contributed by atoms with Crippen LogP contribution in [0.2, 0.25) is 0 Å². The van der Waals surface area contributed by atoms with Crippen molar-refractivity contribution in [1.82, 2.24) is 9.88 Å². The van der Waals surface area contributed by atoms with Crippen LogP contribution in [-0.2, 0) is 9.59 Å². The van der Waals surface area contributed by atoms with E-state index < -0.39 is 0 Å². The molecule has 0 N–H and O–H groups in total. The van der Waals surface area contributed by atoms with Gasteiger partial charge in [0.15, 0.2) is 0 Å². The molecule has 1 fully saturated rings. The van der Waals surface area contributed by atoms with Crippen molar-refractivity contribution in [3.8, 4) is 0 Å². The van der Waals surface area contributed by atoms with Crippen LogP contribution in [0.3, 0.4) is 0 Å². The molecule has 1 saturated heterocycles. The predicted octanol–water partition coefficient (Wildman–Crippen LogP) is 0.854. The van der Waals surface area contributed by atoms with Crippen molar-refractivity contribution < 1.29 is 9.59 Å². The van der Waals surface area contributed by atoms with Crippen LogP contribution in [0.25, 0.3) is 6.08 Å². The first kappa shape index (κ1) is 9.58. The number of carbonyl (C=O) groups excluding carboxylic acids is 2. The quantitative estimate of drug-likeness (QED) is 0.501. The number of likely N-dealkylation sites (N-methyl/N-ethyl adjacent to an activating group) is 1. The van der Waals surface area contributed by atoms with Crippen LogP contribution in [-0.4, -0.2) is 28.7 Å². The molecule has 2 heterocycles. The standard InChI is InChI=1S/C11H10N2O2/c1-13-10(14)7-9(11(13)15)6-8-2-4-12-5-3-8/h2-6H,7H2,1H3/b9-6+. The second kappa shape index (κ2) is 3.65. The highest BCUT2D eigenvalue weighted by molar-refractivity contribution is 6.15. The fraction of sp³-hybridized carbons (Fsp3) is 0.182. The summed E-state index contributed by atoms with van der Waals surface area (Å²) in [6.45, 7) is 0. The van der Waals surface area contributed by atoms with Crippen LogP contribution < -0.4 is 0 Å². The number of hydrogen-bond donors (Lipinski definition) is 0. The fourth-order valence-electron chi connectivity index (χ4n) is 1.46.